The smallest absolute Gasteiger partial charge is 0.312 e. The number of methoxy groups -OCH3 is 1. The van der Waals surface area contributed by atoms with Crippen LogP contribution in [-0.2, 0) is 9.53 Å². The van der Waals surface area contributed by atoms with E-state index in [2.05, 4.69) is 17.4 Å². The summed E-state index contributed by atoms with van der Waals surface area (Å²) >= 11 is 0. The lowest BCUT2D eigenvalue weighted by molar-refractivity contribution is -0.151. The number of benzene rings is 2. The van der Waals surface area contributed by atoms with Crippen LogP contribution in [0.5, 0.6) is 0 Å². The third kappa shape index (κ3) is 2.09. The van der Waals surface area contributed by atoms with Gasteiger partial charge in [0.05, 0.1) is 12.5 Å². The fourth-order valence-corrected chi connectivity index (χ4v) is 3.20. The van der Waals surface area contributed by atoms with Crippen molar-refractivity contribution in [3.8, 4) is 0 Å². The molecule has 21 heavy (non-hydrogen) atoms. The highest BCUT2D eigenvalue weighted by molar-refractivity contribution is 5.82. The topological polar surface area (TPSA) is 38.3 Å². The molecule has 0 radical (unpaired) electrons. The summed E-state index contributed by atoms with van der Waals surface area (Å²) in [6.45, 7) is 3.89. The average Bonchev–Trinajstić information content (AvgIpc) is 2.51. The fraction of sp³-hybridized carbons (Fsp3) is 0.278. The average molecular weight is 281 g/mol. The highest BCUT2D eigenvalue weighted by Crippen LogP contribution is 2.50. The second-order valence-corrected chi connectivity index (χ2v) is 5.95. The van der Waals surface area contributed by atoms with Gasteiger partial charge in [-0.3, -0.25) is 4.79 Å². The number of para-hydroxylation sites is 2. The van der Waals surface area contributed by atoms with Crippen LogP contribution in [0.4, 0.5) is 11.4 Å². The molecule has 0 bridgehead atoms. The summed E-state index contributed by atoms with van der Waals surface area (Å²) in [4.78, 5) is 12.3. The first-order chi connectivity index (χ1) is 10.1. The van der Waals surface area contributed by atoms with Crippen LogP contribution in [0.1, 0.15) is 30.9 Å². The minimum Gasteiger partial charge on any atom is -0.469 e. The summed E-state index contributed by atoms with van der Waals surface area (Å²) in [5.41, 5.74) is 3.73. The number of nitrogens with one attached hydrogen (secondary N) is 1. The third-order valence-electron chi connectivity index (χ3n) is 4.25. The Bertz CT molecular complexity index is 646. The SMILES string of the molecule is COC(=O)C(C)(C)C1c2ccccc2Nc2ccccc21. The van der Waals surface area contributed by atoms with Gasteiger partial charge < -0.3 is 10.1 Å². The van der Waals surface area contributed by atoms with E-state index in [9.17, 15) is 4.79 Å². The van der Waals surface area contributed by atoms with Gasteiger partial charge in [0, 0.05) is 17.3 Å². The number of esters is 1. The predicted octanol–water partition coefficient (Wildman–Crippen LogP) is 4.07. The summed E-state index contributed by atoms with van der Waals surface area (Å²) in [6.07, 6.45) is 0. The number of rotatable bonds is 2. The first kappa shape index (κ1) is 13.7. The van der Waals surface area contributed by atoms with Crippen LogP contribution in [-0.4, -0.2) is 13.1 Å². The minimum atomic E-state index is -0.636. The molecule has 3 rings (SSSR count). The number of carbonyl (C=O) groups is 1. The molecule has 1 N–H and O–H groups in total. The van der Waals surface area contributed by atoms with Crippen molar-refractivity contribution in [1.82, 2.24) is 0 Å². The van der Waals surface area contributed by atoms with Crippen LogP contribution in [0, 0.1) is 5.41 Å². The second-order valence-electron chi connectivity index (χ2n) is 5.95. The highest BCUT2D eigenvalue weighted by Gasteiger charge is 2.43. The molecular weight excluding hydrogens is 262 g/mol. The van der Waals surface area contributed by atoms with E-state index in [4.69, 9.17) is 4.74 Å². The number of ether oxygens (including phenoxy) is 1. The largest absolute Gasteiger partial charge is 0.469 e. The molecule has 0 spiro atoms. The van der Waals surface area contributed by atoms with Crippen LogP contribution in [0.25, 0.3) is 0 Å². The molecule has 0 aromatic heterocycles. The molecule has 108 valence electrons. The Balaban J connectivity index is 2.22. The van der Waals surface area contributed by atoms with Gasteiger partial charge in [-0.2, -0.15) is 0 Å². The summed E-state index contributed by atoms with van der Waals surface area (Å²) in [5.74, 6) is -0.224. The predicted molar refractivity (Wildman–Crippen MR) is 83.8 cm³/mol. The normalized spacial score (nSPS) is 13.9. The molecule has 3 heteroatoms. The number of hydrogen-bond donors (Lipinski definition) is 1. The lowest BCUT2D eigenvalue weighted by atomic mass is 9.69. The van der Waals surface area contributed by atoms with Crippen molar-refractivity contribution in [2.24, 2.45) is 5.41 Å². The van der Waals surface area contributed by atoms with E-state index < -0.39 is 5.41 Å². The van der Waals surface area contributed by atoms with E-state index in [-0.39, 0.29) is 11.9 Å². The van der Waals surface area contributed by atoms with Crippen molar-refractivity contribution in [3.05, 3.63) is 59.7 Å². The molecule has 0 unspecified atom stereocenters. The van der Waals surface area contributed by atoms with Crippen molar-refractivity contribution in [3.63, 3.8) is 0 Å². The van der Waals surface area contributed by atoms with Crippen molar-refractivity contribution in [2.45, 2.75) is 19.8 Å². The Morgan fingerprint density at radius 2 is 1.48 bits per heavy atom. The molecule has 2 aromatic rings. The maximum atomic E-state index is 12.3. The van der Waals surface area contributed by atoms with Crippen LogP contribution >= 0.6 is 0 Å². The zero-order valence-electron chi connectivity index (χ0n) is 12.5. The lowest BCUT2D eigenvalue weighted by Crippen LogP contribution is -2.35. The Hall–Kier alpha value is -2.29. The fourth-order valence-electron chi connectivity index (χ4n) is 3.20. The van der Waals surface area contributed by atoms with Crippen molar-refractivity contribution in [2.75, 3.05) is 12.4 Å². The molecule has 0 saturated carbocycles. The molecule has 1 aliphatic heterocycles. The van der Waals surface area contributed by atoms with Crippen molar-refractivity contribution >= 4 is 17.3 Å². The molecular formula is C18H19NO2. The van der Waals surface area contributed by atoms with E-state index in [1.807, 2.05) is 50.2 Å². The molecule has 0 fully saturated rings. The lowest BCUT2D eigenvalue weighted by Gasteiger charge is -2.38. The molecule has 2 aromatic carbocycles. The number of hydrogen-bond acceptors (Lipinski definition) is 3. The van der Waals surface area contributed by atoms with Crippen LogP contribution in [0.2, 0.25) is 0 Å². The Morgan fingerprint density at radius 3 is 1.95 bits per heavy atom. The van der Waals surface area contributed by atoms with Crippen LogP contribution < -0.4 is 5.32 Å². The molecule has 0 aliphatic carbocycles. The maximum absolute atomic E-state index is 12.3. The summed E-state index contributed by atoms with van der Waals surface area (Å²) < 4.78 is 5.04. The van der Waals surface area contributed by atoms with Gasteiger partial charge in [-0.05, 0) is 37.1 Å². The molecule has 3 nitrogen and oxygen atoms in total. The van der Waals surface area contributed by atoms with E-state index >= 15 is 0 Å². The molecule has 0 saturated heterocycles. The van der Waals surface area contributed by atoms with Gasteiger partial charge >= 0.3 is 5.97 Å². The summed E-state index contributed by atoms with van der Waals surface area (Å²) in [5, 5.41) is 3.45. The Kier molecular flexibility index (Phi) is 3.20. The van der Waals surface area contributed by atoms with Gasteiger partial charge in [-0.15, -0.1) is 0 Å². The Morgan fingerprint density at radius 1 is 1.00 bits per heavy atom. The molecule has 0 amide bonds. The first-order valence-corrected chi connectivity index (χ1v) is 7.09. The van der Waals surface area contributed by atoms with E-state index in [0.29, 0.717) is 0 Å². The van der Waals surface area contributed by atoms with E-state index in [0.717, 1.165) is 22.5 Å². The maximum Gasteiger partial charge on any atom is 0.312 e. The van der Waals surface area contributed by atoms with Gasteiger partial charge in [-0.1, -0.05) is 36.4 Å². The van der Waals surface area contributed by atoms with Crippen molar-refractivity contribution < 1.29 is 9.53 Å². The molecule has 1 heterocycles. The first-order valence-electron chi connectivity index (χ1n) is 7.09. The van der Waals surface area contributed by atoms with Gasteiger partial charge in [0.15, 0.2) is 0 Å². The second kappa shape index (κ2) is 4.92. The van der Waals surface area contributed by atoms with Crippen LogP contribution in [0.3, 0.4) is 0 Å². The molecule has 1 aliphatic rings. The monoisotopic (exact) mass is 281 g/mol. The molecule has 0 atom stereocenters. The highest BCUT2D eigenvalue weighted by atomic mass is 16.5. The van der Waals surface area contributed by atoms with Gasteiger partial charge in [0.2, 0.25) is 0 Å². The van der Waals surface area contributed by atoms with Gasteiger partial charge in [0.25, 0.3) is 0 Å². The van der Waals surface area contributed by atoms with Gasteiger partial charge in [0.1, 0.15) is 0 Å². The summed E-state index contributed by atoms with van der Waals surface area (Å²) in [6, 6.07) is 16.3. The van der Waals surface area contributed by atoms with E-state index in [1.54, 1.807) is 0 Å². The number of anilines is 2. The van der Waals surface area contributed by atoms with Crippen molar-refractivity contribution in [1.29, 1.82) is 0 Å². The zero-order valence-corrected chi connectivity index (χ0v) is 12.5. The van der Waals surface area contributed by atoms with Gasteiger partial charge in [-0.25, -0.2) is 0 Å². The van der Waals surface area contributed by atoms with Crippen LogP contribution in [0.15, 0.2) is 48.5 Å². The zero-order chi connectivity index (χ0) is 15.0. The third-order valence-corrected chi connectivity index (χ3v) is 4.25. The quantitative estimate of drug-likeness (QED) is 0.843. The standard InChI is InChI=1S/C18H19NO2/c1-18(2,17(20)21-3)16-12-8-4-6-10-14(12)19-15-11-7-5-9-13(15)16/h4-11,16,19H,1-3H3. The number of fused-ring (bicyclic) bond motifs is 2. The summed E-state index contributed by atoms with van der Waals surface area (Å²) in [7, 11) is 1.45. The number of carbonyl (C=O) groups excluding carboxylic acids is 1. The van der Waals surface area contributed by atoms with E-state index in [1.165, 1.54) is 7.11 Å². The Labute approximate surface area is 124 Å². The minimum absolute atomic E-state index is 0.0291.